The Morgan fingerprint density at radius 2 is 1.26 bits per heavy atom. The molecule has 6 nitrogen and oxygen atoms in total. The van der Waals surface area contributed by atoms with E-state index < -0.39 is 0 Å². The molecular weight excluding hydrogens is 290 g/mol. The van der Waals surface area contributed by atoms with E-state index in [9.17, 15) is 4.79 Å². The van der Waals surface area contributed by atoms with Gasteiger partial charge in [-0.15, -0.1) is 10.6 Å². The molecule has 0 spiro atoms. The summed E-state index contributed by atoms with van der Waals surface area (Å²) >= 11 is 0. The normalized spacial score (nSPS) is 13.5. The van der Waals surface area contributed by atoms with Crippen LogP contribution in [0.5, 0.6) is 0 Å². The Kier molecular flexibility index (Phi) is 12.3. The van der Waals surface area contributed by atoms with Crippen LogP contribution in [0.15, 0.2) is 5.10 Å². The summed E-state index contributed by atoms with van der Waals surface area (Å²) in [6, 6.07) is 0. The van der Waals surface area contributed by atoms with Crippen molar-refractivity contribution in [2.24, 2.45) is 10.8 Å². The number of hydrazone groups is 1. The monoisotopic (exact) mass is 325 g/mol. The topological polar surface area (TPSA) is 91.5 Å². The van der Waals surface area contributed by atoms with Gasteiger partial charge in [-0.2, -0.15) is 0 Å². The van der Waals surface area contributed by atoms with Crippen molar-refractivity contribution in [1.82, 2.24) is 16.5 Å². The number of amides is 1. The lowest BCUT2D eigenvalue weighted by atomic mass is 10.0. The van der Waals surface area contributed by atoms with Crippen LogP contribution >= 0.6 is 0 Å². The number of rotatable bonds is 16. The van der Waals surface area contributed by atoms with Crippen LogP contribution in [0.3, 0.4) is 0 Å². The molecule has 5 N–H and O–H groups in total. The first kappa shape index (κ1) is 19.7. The van der Waals surface area contributed by atoms with Gasteiger partial charge < -0.3 is 5.73 Å². The highest BCUT2D eigenvalue weighted by Crippen LogP contribution is 2.13. The highest BCUT2D eigenvalue weighted by Gasteiger charge is 2.02. The number of carbonyl (C=O) groups is 1. The summed E-state index contributed by atoms with van der Waals surface area (Å²) in [7, 11) is 0. The number of nitrogens with one attached hydrogen (secondary N) is 3. The van der Waals surface area contributed by atoms with Crippen LogP contribution in [0.25, 0.3) is 0 Å². The number of hydrogen-bond donors (Lipinski definition) is 4. The number of primary amides is 1. The number of unbranched alkanes of at least 4 members (excludes halogenated alkanes) is 12. The van der Waals surface area contributed by atoms with Gasteiger partial charge in [-0.05, 0) is 12.8 Å². The summed E-state index contributed by atoms with van der Waals surface area (Å²) in [5.74, 6) is 0.850. The summed E-state index contributed by atoms with van der Waals surface area (Å²) in [4.78, 5) is 10.6. The van der Waals surface area contributed by atoms with E-state index in [0.29, 0.717) is 6.42 Å². The molecule has 1 rings (SSSR count). The number of hydrogen-bond acceptors (Lipinski definition) is 5. The smallest absolute Gasteiger partial charge is 0.217 e. The van der Waals surface area contributed by atoms with Crippen LogP contribution in [0, 0.1) is 0 Å². The van der Waals surface area contributed by atoms with E-state index in [1.54, 1.807) is 0 Å². The highest BCUT2D eigenvalue weighted by atomic mass is 16.1. The first-order chi connectivity index (χ1) is 11.3. The molecule has 0 aliphatic carbocycles. The molecule has 1 heterocycles. The average Bonchev–Trinajstić information content (AvgIpc) is 3.04. The fourth-order valence-corrected chi connectivity index (χ4v) is 2.88. The zero-order valence-electron chi connectivity index (χ0n) is 14.5. The molecule has 0 saturated heterocycles. The van der Waals surface area contributed by atoms with Crippen molar-refractivity contribution in [2.45, 2.75) is 96.3 Å². The van der Waals surface area contributed by atoms with E-state index in [-0.39, 0.29) is 5.91 Å². The van der Waals surface area contributed by atoms with Gasteiger partial charge in [-0.3, -0.25) is 10.2 Å². The maximum absolute atomic E-state index is 10.6. The molecule has 0 aromatic carbocycles. The molecule has 0 radical (unpaired) electrons. The molecule has 0 aromatic heterocycles. The molecule has 0 bridgehead atoms. The first-order valence-corrected chi connectivity index (χ1v) is 9.40. The molecule has 0 saturated carbocycles. The van der Waals surface area contributed by atoms with Gasteiger partial charge >= 0.3 is 0 Å². The third-order valence-corrected chi connectivity index (χ3v) is 4.29. The lowest BCUT2D eigenvalue weighted by Gasteiger charge is -2.03. The minimum atomic E-state index is -0.164. The van der Waals surface area contributed by atoms with Gasteiger partial charge in [0.15, 0.2) is 0 Å². The second-order valence-corrected chi connectivity index (χ2v) is 6.48. The number of carbonyl (C=O) groups excluding carboxylic acids is 1. The SMILES string of the molecule is NC(=O)CCCCCCCCCCCCCCCC1=NNNN1. The van der Waals surface area contributed by atoms with Gasteiger partial charge in [0.25, 0.3) is 0 Å². The maximum Gasteiger partial charge on any atom is 0.217 e. The van der Waals surface area contributed by atoms with Crippen LogP contribution in [-0.4, -0.2) is 11.7 Å². The zero-order chi connectivity index (χ0) is 16.6. The molecule has 1 aliphatic heterocycles. The van der Waals surface area contributed by atoms with E-state index in [0.717, 1.165) is 25.1 Å². The third kappa shape index (κ3) is 12.9. The van der Waals surface area contributed by atoms with Crippen LogP contribution in [-0.2, 0) is 4.79 Å². The maximum atomic E-state index is 10.6. The standard InChI is InChI=1S/C17H35N5O/c18-16(23)14-12-10-8-6-4-2-1-3-5-7-9-11-13-15-17-19-21-22-20-17/h21-22H,1-15H2,(H2,18,23)(H,19,20). The van der Waals surface area contributed by atoms with Crippen molar-refractivity contribution < 1.29 is 4.79 Å². The minimum absolute atomic E-state index is 0.164. The Hall–Kier alpha value is -1.30. The Labute approximate surface area is 141 Å². The van der Waals surface area contributed by atoms with Crippen molar-refractivity contribution in [3.05, 3.63) is 0 Å². The summed E-state index contributed by atoms with van der Waals surface area (Å²) in [5, 5.41) is 4.07. The fourth-order valence-electron chi connectivity index (χ4n) is 2.88. The van der Waals surface area contributed by atoms with Crippen molar-refractivity contribution in [2.75, 3.05) is 0 Å². The molecule has 0 unspecified atom stereocenters. The zero-order valence-corrected chi connectivity index (χ0v) is 14.5. The summed E-state index contributed by atoms with van der Waals surface area (Å²) < 4.78 is 0. The second-order valence-electron chi connectivity index (χ2n) is 6.48. The molecule has 0 atom stereocenters. The van der Waals surface area contributed by atoms with Gasteiger partial charge in [-0.25, -0.2) is 5.53 Å². The molecule has 134 valence electrons. The number of nitrogens with zero attached hydrogens (tertiary/aromatic N) is 1. The number of nitrogens with two attached hydrogens (primary N) is 1. The quantitative estimate of drug-likeness (QED) is 0.328. The van der Waals surface area contributed by atoms with Crippen molar-refractivity contribution in [1.29, 1.82) is 0 Å². The lowest BCUT2D eigenvalue weighted by Crippen LogP contribution is -2.34. The van der Waals surface area contributed by atoms with Gasteiger partial charge in [0, 0.05) is 12.8 Å². The van der Waals surface area contributed by atoms with E-state index in [1.165, 1.54) is 70.6 Å². The molecule has 23 heavy (non-hydrogen) atoms. The van der Waals surface area contributed by atoms with Crippen LogP contribution < -0.4 is 22.2 Å². The van der Waals surface area contributed by atoms with Crippen molar-refractivity contribution in [3.8, 4) is 0 Å². The van der Waals surface area contributed by atoms with Crippen LogP contribution in [0.1, 0.15) is 96.3 Å². The van der Waals surface area contributed by atoms with E-state index in [4.69, 9.17) is 5.73 Å². The number of amidine groups is 1. The number of hydrazine groups is 2. The highest BCUT2D eigenvalue weighted by molar-refractivity contribution is 5.82. The summed E-state index contributed by atoms with van der Waals surface area (Å²) in [6.07, 6.45) is 18.3. The second kappa shape index (κ2) is 14.3. The largest absolute Gasteiger partial charge is 0.370 e. The molecule has 1 aliphatic rings. The average molecular weight is 326 g/mol. The van der Waals surface area contributed by atoms with E-state index in [1.807, 2.05) is 0 Å². The van der Waals surface area contributed by atoms with Crippen LogP contribution in [0.2, 0.25) is 0 Å². The molecule has 0 fully saturated rings. The van der Waals surface area contributed by atoms with E-state index >= 15 is 0 Å². The Balaban J connectivity index is 1.67. The van der Waals surface area contributed by atoms with E-state index in [2.05, 4.69) is 21.6 Å². The predicted molar refractivity (Wildman–Crippen MR) is 95.3 cm³/mol. The molecular formula is C17H35N5O. The Bertz CT molecular complexity index is 333. The van der Waals surface area contributed by atoms with Gasteiger partial charge in [0.2, 0.25) is 5.91 Å². The predicted octanol–water partition coefficient (Wildman–Crippen LogP) is 3.25. The summed E-state index contributed by atoms with van der Waals surface area (Å²) in [6.45, 7) is 0. The molecule has 1 amide bonds. The Morgan fingerprint density at radius 1 is 0.783 bits per heavy atom. The third-order valence-electron chi connectivity index (χ3n) is 4.29. The molecule has 6 heteroatoms. The first-order valence-electron chi connectivity index (χ1n) is 9.40. The minimum Gasteiger partial charge on any atom is -0.370 e. The Morgan fingerprint density at radius 3 is 1.70 bits per heavy atom. The summed E-state index contributed by atoms with van der Waals surface area (Å²) in [5.41, 5.74) is 13.5. The van der Waals surface area contributed by atoms with Crippen molar-refractivity contribution in [3.63, 3.8) is 0 Å². The fraction of sp³-hybridized carbons (Fsp3) is 0.882. The van der Waals surface area contributed by atoms with Crippen molar-refractivity contribution >= 4 is 11.7 Å². The van der Waals surface area contributed by atoms with Gasteiger partial charge in [0.05, 0.1) is 0 Å². The van der Waals surface area contributed by atoms with Gasteiger partial charge in [0.1, 0.15) is 5.84 Å². The molecule has 0 aromatic rings. The van der Waals surface area contributed by atoms with Crippen LogP contribution in [0.4, 0.5) is 0 Å². The lowest BCUT2D eigenvalue weighted by molar-refractivity contribution is -0.118. The van der Waals surface area contributed by atoms with Gasteiger partial charge in [-0.1, -0.05) is 70.6 Å².